The van der Waals surface area contributed by atoms with Crippen molar-refractivity contribution in [2.45, 2.75) is 18.6 Å². The third kappa shape index (κ3) is 2.44. The van der Waals surface area contributed by atoms with E-state index in [4.69, 9.17) is 16.2 Å². The van der Waals surface area contributed by atoms with Crippen molar-refractivity contribution in [1.82, 2.24) is 0 Å². The van der Waals surface area contributed by atoms with Gasteiger partial charge in [-0.3, -0.25) is 0 Å². The van der Waals surface area contributed by atoms with Gasteiger partial charge in [-0.2, -0.15) is 0 Å². The van der Waals surface area contributed by atoms with Gasteiger partial charge in [-0.05, 0) is 18.6 Å². The van der Waals surface area contributed by atoms with Crippen LogP contribution in [-0.4, -0.2) is 32.4 Å². The molecule has 1 aliphatic heterocycles. The topological polar surface area (TPSA) is 64.5 Å². The molecule has 0 aliphatic carbocycles. The molecule has 1 aromatic rings. The molecule has 0 aromatic heterocycles. The molecule has 1 aliphatic rings. The standard InChI is InChI=1S/C12H18FN3O/c1-17-12-6-8(2-3-11(12)15)16-5-4-10(14)9(13)7-16/h2-3,6,9-10H,4-5,7,14-15H2,1H3/t9-,10+/m0/s1. The zero-order valence-corrected chi connectivity index (χ0v) is 9.90. The fourth-order valence-electron chi connectivity index (χ4n) is 2.05. The second-order valence-electron chi connectivity index (χ2n) is 4.34. The van der Waals surface area contributed by atoms with E-state index in [0.717, 1.165) is 12.2 Å². The van der Waals surface area contributed by atoms with Crippen molar-refractivity contribution >= 4 is 11.4 Å². The number of nitrogen functional groups attached to an aromatic ring is 1. The number of halogens is 1. The predicted molar refractivity (Wildman–Crippen MR) is 67.1 cm³/mol. The van der Waals surface area contributed by atoms with Gasteiger partial charge in [0.15, 0.2) is 0 Å². The van der Waals surface area contributed by atoms with Gasteiger partial charge in [-0.15, -0.1) is 0 Å². The summed E-state index contributed by atoms with van der Waals surface area (Å²) in [6.45, 7) is 1.09. The number of nitrogens with two attached hydrogens (primary N) is 2. The minimum atomic E-state index is -0.979. The molecule has 0 unspecified atom stereocenters. The van der Waals surface area contributed by atoms with Crippen LogP contribution in [0, 0.1) is 0 Å². The Labute approximate surface area is 100 Å². The summed E-state index contributed by atoms with van der Waals surface area (Å²) >= 11 is 0. The average Bonchev–Trinajstić information content (AvgIpc) is 2.33. The number of hydrogen-bond acceptors (Lipinski definition) is 4. The minimum Gasteiger partial charge on any atom is -0.495 e. The van der Waals surface area contributed by atoms with Crippen LogP contribution in [0.25, 0.3) is 0 Å². The highest BCUT2D eigenvalue weighted by Crippen LogP contribution is 2.29. The minimum absolute atomic E-state index is 0.328. The number of rotatable bonds is 2. The van der Waals surface area contributed by atoms with E-state index in [2.05, 4.69) is 0 Å². The van der Waals surface area contributed by atoms with Crippen LogP contribution in [0.3, 0.4) is 0 Å². The fourth-order valence-corrected chi connectivity index (χ4v) is 2.05. The number of nitrogens with zero attached hydrogens (tertiary/aromatic N) is 1. The van der Waals surface area contributed by atoms with Crippen molar-refractivity contribution in [2.24, 2.45) is 5.73 Å². The molecule has 0 spiro atoms. The fraction of sp³-hybridized carbons (Fsp3) is 0.500. The zero-order chi connectivity index (χ0) is 12.4. The maximum absolute atomic E-state index is 13.6. The third-order valence-electron chi connectivity index (χ3n) is 3.17. The Morgan fingerprint density at radius 2 is 2.24 bits per heavy atom. The van der Waals surface area contributed by atoms with E-state index in [0.29, 0.717) is 24.4 Å². The summed E-state index contributed by atoms with van der Waals surface area (Å²) in [4.78, 5) is 1.97. The number of alkyl halides is 1. The number of methoxy groups -OCH3 is 1. The molecule has 1 saturated heterocycles. The molecule has 5 heteroatoms. The van der Waals surface area contributed by atoms with Crippen LogP contribution in [0.5, 0.6) is 5.75 Å². The van der Waals surface area contributed by atoms with E-state index in [1.165, 1.54) is 0 Å². The molecule has 4 N–H and O–H groups in total. The van der Waals surface area contributed by atoms with Crippen molar-refractivity contribution in [3.63, 3.8) is 0 Å². The van der Waals surface area contributed by atoms with Gasteiger partial charge in [0.1, 0.15) is 11.9 Å². The van der Waals surface area contributed by atoms with Crippen molar-refractivity contribution in [1.29, 1.82) is 0 Å². The molecule has 94 valence electrons. The summed E-state index contributed by atoms with van der Waals surface area (Å²) in [6, 6.07) is 5.14. The molecule has 0 radical (unpaired) electrons. The Balaban J connectivity index is 2.17. The first-order valence-electron chi connectivity index (χ1n) is 5.70. The maximum atomic E-state index is 13.6. The highest BCUT2D eigenvalue weighted by molar-refractivity contribution is 5.62. The van der Waals surface area contributed by atoms with Crippen LogP contribution in [0.4, 0.5) is 15.8 Å². The molecule has 1 aromatic carbocycles. The average molecular weight is 239 g/mol. The van der Waals surface area contributed by atoms with Gasteiger partial charge in [-0.25, -0.2) is 4.39 Å². The van der Waals surface area contributed by atoms with Crippen molar-refractivity contribution in [2.75, 3.05) is 30.8 Å². The largest absolute Gasteiger partial charge is 0.495 e. The van der Waals surface area contributed by atoms with E-state index in [-0.39, 0.29) is 6.04 Å². The van der Waals surface area contributed by atoms with E-state index >= 15 is 0 Å². The summed E-state index contributed by atoms with van der Waals surface area (Å²) in [5.74, 6) is 0.618. The Kier molecular flexibility index (Phi) is 3.38. The molecule has 4 nitrogen and oxygen atoms in total. The first-order chi connectivity index (χ1) is 8.11. The summed E-state index contributed by atoms with van der Waals surface area (Å²) in [5.41, 5.74) is 12.9. The zero-order valence-electron chi connectivity index (χ0n) is 9.90. The van der Waals surface area contributed by atoms with E-state index in [1.807, 2.05) is 17.0 Å². The quantitative estimate of drug-likeness (QED) is 0.760. The van der Waals surface area contributed by atoms with Crippen LogP contribution < -0.4 is 21.1 Å². The van der Waals surface area contributed by atoms with E-state index < -0.39 is 6.17 Å². The van der Waals surface area contributed by atoms with Crippen LogP contribution in [-0.2, 0) is 0 Å². The second-order valence-corrected chi connectivity index (χ2v) is 4.34. The SMILES string of the molecule is COc1cc(N2CC[C@@H](N)[C@@H](F)C2)ccc1N. The van der Waals surface area contributed by atoms with Crippen LogP contribution >= 0.6 is 0 Å². The van der Waals surface area contributed by atoms with Gasteiger partial charge in [0.25, 0.3) is 0 Å². The van der Waals surface area contributed by atoms with Crippen molar-refractivity contribution < 1.29 is 9.13 Å². The van der Waals surface area contributed by atoms with E-state index in [1.54, 1.807) is 13.2 Å². The number of ether oxygens (including phenoxy) is 1. The molecule has 0 amide bonds. The van der Waals surface area contributed by atoms with Gasteiger partial charge in [0.2, 0.25) is 0 Å². The molecule has 1 fully saturated rings. The molecule has 1 heterocycles. The Hall–Kier alpha value is -1.49. The van der Waals surface area contributed by atoms with Gasteiger partial charge >= 0.3 is 0 Å². The smallest absolute Gasteiger partial charge is 0.143 e. The molecular weight excluding hydrogens is 221 g/mol. The van der Waals surface area contributed by atoms with Gasteiger partial charge in [-0.1, -0.05) is 0 Å². The normalized spacial score (nSPS) is 24.8. The highest BCUT2D eigenvalue weighted by atomic mass is 19.1. The van der Waals surface area contributed by atoms with Gasteiger partial charge in [0, 0.05) is 24.3 Å². The lowest BCUT2D eigenvalue weighted by molar-refractivity contribution is 0.251. The number of anilines is 2. The molecule has 2 rings (SSSR count). The van der Waals surface area contributed by atoms with Crippen molar-refractivity contribution in [3.8, 4) is 5.75 Å². The summed E-state index contributed by atoms with van der Waals surface area (Å²) in [6.07, 6.45) is -0.319. The Morgan fingerprint density at radius 1 is 1.47 bits per heavy atom. The molecule has 0 bridgehead atoms. The lowest BCUT2D eigenvalue weighted by atomic mass is 10.0. The van der Waals surface area contributed by atoms with Crippen LogP contribution in [0.15, 0.2) is 18.2 Å². The summed E-state index contributed by atoms with van der Waals surface area (Å²) in [5, 5.41) is 0. The number of hydrogen-bond donors (Lipinski definition) is 2. The van der Waals surface area contributed by atoms with Crippen LogP contribution in [0.1, 0.15) is 6.42 Å². The molecule has 2 atom stereocenters. The number of benzene rings is 1. The summed E-state index contributed by atoms with van der Waals surface area (Å²) < 4.78 is 18.7. The molecular formula is C12H18FN3O. The third-order valence-corrected chi connectivity index (χ3v) is 3.17. The monoisotopic (exact) mass is 239 g/mol. The van der Waals surface area contributed by atoms with E-state index in [9.17, 15) is 4.39 Å². The Morgan fingerprint density at radius 3 is 2.88 bits per heavy atom. The lowest BCUT2D eigenvalue weighted by Gasteiger charge is -2.34. The maximum Gasteiger partial charge on any atom is 0.143 e. The molecule has 17 heavy (non-hydrogen) atoms. The summed E-state index contributed by atoms with van der Waals surface area (Å²) in [7, 11) is 1.57. The van der Waals surface area contributed by atoms with Crippen LogP contribution in [0.2, 0.25) is 0 Å². The van der Waals surface area contributed by atoms with Gasteiger partial charge in [0.05, 0.1) is 19.3 Å². The number of piperidine rings is 1. The molecule has 0 saturated carbocycles. The first kappa shape index (κ1) is 12.0. The second kappa shape index (κ2) is 4.79. The first-order valence-corrected chi connectivity index (χ1v) is 5.70. The highest BCUT2D eigenvalue weighted by Gasteiger charge is 2.26. The lowest BCUT2D eigenvalue weighted by Crippen LogP contribution is -2.48. The predicted octanol–water partition coefficient (Wildman–Crippen LogP) is 1.15. The Bertz CT molecular complexity index is 399. The van der Waals surface area contributed by atoms with Crippen molar-refractivity contribution in [3.05, 3.63) is 18.2 Å². The van der Waals surface area contributed by atoms with Gasteiger partial charge < -0.3 is 21.1 Å².